The number of benzene rings is 2. The molecule has 5 rings (SSSR count). The van der Waals surface area contributed by atoms with E-state index in [-0.39, 0.29) is 5.91 Å². The van der Waals surface area contributed by atoms with Crippen molar-refractivity contribution in [1.82, 2.24) is 19.6 Å². The van der Waals surface area contributed by atoms with E-state index in [1.807, 2.05) is 18.2 Å². The highest BCUT2D eigenvalue weighted by Crippen LogP contribution is 2.30. The zero-order chi connectivity index (χ0) is 20.0. The van der Waals surface area contributed by atoms with Gasteiger partial charge in [0.25, 0.3) is 5.91 Å². The number of carbonyl (C=O) groups excluding carboxylic acids is 1. The van der Waals surface area contributed by atoms with Crippen LogP contribution in [0.2, 0.25) is 0 Å². The molecule has 1 atom stereocenters. The molecule has 4 aromatic rings. The van der Waals surface area contributed by atoms with Crippen LogP contribution in [-0.4, -0.2) is 46.9 Å². The zero-order valence-corrected chi connectivity index (χ0v) is 17.5. The first-order valence-electron chi connectivity index (χ1n) is 10.0. The Balaban J connectivity index is 1.37. The maximum atomic E-state index is 12.6. The Bertz CT molecular complexity index is 1190. The minimum Gasteiger partial charge on any atom is -0.352 e. The van der Waals surface area contributed by atoms with Crippen molar-refractivity contribution >= 4 is 32.4 Å². The van der Waals surface area contributed by atoms with Gasteiger partial charge in [0.1, 0.15) is 0 Å². The van der Waals surface area contributed by atoms with Gasteiger partial charge in [-0.1, -0.05) is 41.2 Å². The van der Waals surface area contributed by atoms with Gasteiger partial charge < -0.3 is 10.2 Å². The molecule has 2 aromatic carbocycles. The van der Waals surface area contributed by atoms with Gasteiger partial charge in [0, 0.05) is 30.4 Å². The number of rotatable bonds is 4. The highest BCUT2D eigenvalue weighted by molar-refractivity contribution is 7.23. The Morgan fingerprint density at radius 1 is 1.24 bits per heavy atom. The Morgan fingerprint density at radius 2 is 2.07 bits per heavy atom. The van der Waals surface area contributed by atoms with E-state index in [1.165, 1.54) is 5.56 Å². The molecule has 0 saturated carbocycles. The van der Waals surface area contributed by atoms with E-state index in [1.54, 1.807) is 11.3 Å². The maximum Gasteiger partial charge on any atom is 0.251 e. The van der Waals surface area contributed by atoms with Crippen LogP contribution in [0, 0.1) is 12.8 Å². The molecule has 6 heteroatoms. The molecular formula is C23H24N4OS. The topological polar surface area (TPSA) is 49.6 Å². The number of nitrogens with zero attached hydrogens (tertiary/aromatic N) is 3. The molecule has 5 nitrogen and oxygen atoms in total. The first kappa shape index (κ1) is 18.3. The molecule has 1 N–H and O–H groups in total. The molecule has 0 radical (unpaired) electrons. The summed E-state index contributed by atoms with van der Waals surface area (Å²) in [7, 11) is 2.13. The van der Waals surface area contributed by atoms with E-state index in [9.17, 15) is 4.79 Å². The molecule has 1 saturated heterocycles. The molecular weight excluding hydrogens is 380 g/mol. The van der Waals surface area contributed by atoms with Gasteiger partial charge in [-0.3, -0.25) is 9.20 Å². The fourth-order valence-corrected chi connectivity index (χ4v) is 5.08. The summed E-state index contributed by atoms with van der Waals surface area (Å²) in [5.41, 5.74) is 5.14. The number of aryl methyl sites for hydroxylation is 1. The molecule has 29 heavy (non-hydrogen) atoms. The highest BCUT2D eigenvalue weighted by atomic mass is 32.1. The fourth-order valence-electron chi connectivity index (χ4n) is 4.04. The highest BCUT2D eigenvalue weighted by Gasteiger charge is 2.20. The smallest absolute Gasteiger partial charge is 0.251 e. The number of fused-ring (bicyclic) bond motifs is 3. The summed E-state index contributed by atoms with van der Waals surface area (Å²) in [4.78, 5) is 20.7. The summed E-state index contributed by atoms with van der Waals surface area (Å²) < 4.78 is 3.20. The monoisotopic (exact) mass is 404 g/mol. The quantitative estimate of drug-likeness (QED) is 0.554. The van der Waals surface area contributed by atoms with Crippen LogP contribution >= 0.6 is 11.3 Å². The number of imidazole rings is 1. The van der Waals surface area contributed by atoms with Crippen molar-refractivity contribution in [2.24, 2.45) is 5.92 Å². The molecule has 1 amide bonds. The number of aromatic nitrogens is 2. The minimum atomic E-state index is 0.00726. The van der Waals surface area contributed by atoms with Gasteiger partial charge in [0.05, 0.1) is 15.9 Å². The van der Waals surface area contributed by atoms with Crippen LogP contribution in [0.3, 0.4) is 0 Å². The predicted molar refractivity (Wildman–Crippen MR) is 119 cm³/mol. The van der Waals surface area contributed by atoms with Gasteiger partial charge in [0.15, 0.2) is 4.96 Å². The zero-order valence-electron chi connectivity index (χ0n) is 16.7. The van der Waals surface area contributed by atoms with Crippen molar-refractivity contribution in [1.29, 1.82) is 0 Å². The summed E-state index contributed by atoms with van der Waals surface area (Å²) in [6.45, 7) is 5.01. The number of hydrogen-bond donors (Lipinski definition) is 1. The summed E-state index contributed by atoms with van der Waals surface area (Å²) in [5.74, 6) is 0.561. The molecule has 2 aromatic heterocycles. The van der Waals surface area contributed by atoms with Gasteiger partial charge in [-0.05, 0) is 51.1 Å². The molecule has 3 heterocycles. The number of carbonyl (C=O) groups is 1. The van der Waals surface area contributed by atoms with Crippen LogP contribution < -0.4 is 5.32 Å². The number of nitrogens with one attached hydrogen (secondary N) is 1. The van der Waals surface area contributed by atoms with E-state index in [0.29, 0.717) is 11.5 Å². The van der Waals surface area contributed by atoms with Crippen molar-refractivity contribution < 1.29 is 4.79 Å². The molecule has 148 valence electrons. The van der Waals surface area contributed by atoms with Gasteiger partial charge in [-0.25, -0.2) is 4.98 Å². The molecule has 0 unspecified atom stereocenters. The largest absolute Gasteiger partial charge is 0.352 e. The molecule has 0 bridgehead atoms. The lowest BCUT2D eigenvalue weighted by atomic mass is 10.1. The first-order valence-corrected chi connectivity index (χ1v) is 10.8. The van der Waals surface area contributed by atoms with Crippen LogP contribution in [0.5, 0.6) is 0 Å². The van der Waals surface area contributed by atoms with Gasteiger partial charge in [-0.15, -0.1) is 0 Å². The lowest BCUT2D eigenvalue weighted by molar-refractivity contribution is 0.0947. The molecule has 0 aliphatic carbocycles. The lowest BCUT2D eigenvalue weighted by Gasteiger charge is -2.11. The van der Waals surface area contributed by atoms with Gasteiger partial charge >= 0.3 is 0 Å². The number of likely N-dealkylation sites (tertiary alicyclic amines) is 1. The van der Waals surface area contributed by atoms with Crippen molar-refractivity contribution in [3.8, 4) is 11.3 Å². The van der Waals surface area contributed by atoms with Crippen LogP contribution in [0.25, 0.3) is 26.4 Å². The average molecular weight is 405 g/mol. The Hall–Kier alpha value is -2.70. The fraction of sp³-hybridized carbons (Fsp3) is 0.304. The van der Waals surface area contributed by atoms with Crippen molar-refractivity contribution in [2.75, 3.05) is 26.7 Å². The van der Waals surface area contributed by atoms with Crippen molar-refractivity contribution in [3.05, 3.63) is 59.8 Å². The predicted octanol–water partition coefficient (Wildman–Crippen LogP) is 4.21. The van der Waals surface area contributed by atoms with Gasteiger partial charge in [0.2, 0.25) is 0 Å². The summed E-state index contributed by atoms with van der Waals surface area (Å²) >= 11 is 1.62. The van der Waals surface area contributed by atoms with Crippen molar-refractivity contribution in [3.63, 3.8) is 0 Å². The number of thiazole rings is 1. The minimum absolute atomic E-state index is 0.00726. The second-order valence-electron chi connectivity index (χ2n) is 8.06. The third-order valence-electron chi connectivity index (χ3n) is 5.74. The Kier molecular flexibility index (Phi) is 4.60. The van der Waals surface area contributed by atoms with E-state index in [0.717, 1.165) is 52.5 Å². The SMILES string of the molecule is Cc1ccc(-c2cn3c(n2)sc2cc(C(=O)NC[C@H]4CCN(C)C4)ccc23)cc1. The van der Waals surface area contributed by atoms with Crippen LogP contribution in [-0.2, 0) is 0 Å². The molecule has 1 aliphatic heterocycles. The van der Waals surface area contributed by atoms with Crippen LogP contribution in [0.1, 0.15) is 22.3 Å². The maximum absolute atomic E-state index is 12.6. The second-order valence-corrected chi connectivity index (χ2v) is 9.07. The van der Waals surface area contributed by atoms with E-state index in [4.69, 9.17) is 4.98 Å². The Labute approximate surface area is 174 Å². The van der Waals surface area contributed by atoms with Crippen LogP contribution in [0.15, 0.2) is 48.7 Å². The van der Waals surface area contributed by atoms with E-state index in [2.05, 4.69) is 59.1 Å². The summed E-state index contributed by atoms with van der Waals surface area (Å²) in [6, 6.07) is 14.3. The lowest BCUT2D eigenvalue weighted by Crippen LogP contribution is -2.30. The first-order chi connectivity index (χ1) is 14.1. The van der Waals surface area contributed by atoms with E-state index >= 15 is 0 Å². The average Bonchev–Trinajstić information content (AvgIpc) is 3.40. The normalized spacial score (nSPS) is 17.4. The molecule has 1 aliphatic rings. The molecule has 1 fully saturated rings. The van der Waals surface area contributed by atoms with Crippen LogP contribution in [0.4, 0.5) is 0 Å². The van der Waals surface area contributed by atoms with Gasteiger partial charge in [-0.2, -0.15) is 0 Å². The number of hydrogen-bond acceptors (Lipinski definition) is 4. The number of amides is 1. The standard InChI is InChI=1S/C23H24N4OS/c1-15-3-5-17(6-4-15)19-14-27-20-8-7-18(11-21(20)29-23(27)25-19)22(28)24-12-16-9-10-26(2)13-16/h3-8,11,14,16H,9-10,12-13H2,1-2H3,(H,24,28)/t16-/m1/s1. The third kappa shape index (κ3) is 3.54. The second kappa shape index (κ2) is 7.28. The summed E-state index contributed by atoms with van der Waals surface area (Å²) in [5, 5.41) is 3.11. The third-order valence-corrected chi connectivity index (χ3v) is 6.76. The summed E-state index contributed by atoms with van der Waals surface area (Å²) in [6.07, 6.45) is 3.23. The van der Waals surface area contributed by atoms with E-state index < -0.39 is 0 Å². The van der Waals surface area contributed by atoms with Crippen molar-refractivity contribution in [2.45, 2.75) is 13.3 Å². The molecule has 0 spiro atoms. The Morgan fingerprint density at radius 3 is 2.83 bits per heavy atom.